The van der Waals surface area contributed by atoms with Crippen LogP contribution in [0.3, 0.4) is 0 Å². The molecule has 0 bridgehead atoms. The van der Waals surface area contributed by atoms with Crippen molar-refractivity contribution in [3.05, 3.63) is 0 Å². The minimum atomic E-state index is -4.64. The van der Waals surface area contributed by atoms with Crippen LogP contribution in [0.25, 0.3) is 0 Å². The topological polar surface area (TPSA) is 112 Å². The van der Waals surface area contributed by atoms with Gasteiger partial charge in [0.05, 0.1) is 0 Å². The van der Waals surface area contributed by atoms with Crippen LogP contribution in [0, 0.1) is 0 Å². The van der Waals surface area contributed by atoms with Crippen LogP contribution in [-0.4, -0.2) is 27.3 Å². The summed E-state index contributed by atoms with van der Waals surface area (Å²) >= 11 is 0. The highest BCUT2D eigenvalue weighted by Gasteiger charge is 2.00. The Morgan fingerprint density at radius 2 is 1.18 bits per heavy atom. The van der Waals surface area contributed by atoms with Crippen LogP contribution < -0.4 is 0 Å². The molecule has 0 amide bonds. The van der Waals surface area contributed by atoms with Gasteiger partial charge in [0.15, 0.2) is 0 Å². The Morgan fingerprint density at radius 1 is 1.00 bits per heavy atom. The van der Waals surface area contributed by atoms with E-state index < -0.39 is 7.82 Å². The highest BCUT2D eigenvalue weighted by molar-refractivity contribution is 7.45. The van der Waals surface area contributed by atoms with Crippen molar-refractivity contribution in [2.45, 2.75) is 12.8 Å². The molecule has 0 aromatic heterocycles. The van der Waals surface area contributed by atoms with Gasteiger partial charge in [0.1, 0.15) is 12.6 Å². The molecule has 0 heterocycles. The first-order chi connectivity index (χ1) is 4.91. The van der Waals surface area contributed by atoms with Crippen molar-refractivity contribution in [3.63, 3.8) is 0 Å². The van der Waals surface area contributed by atoms with Gasteiger partial charge in [-0.05, 0) is 0 Å². The third-order valence-corrected chi connectivity index (χ3v) is 0.402. The molecule has 0 unspecified atom stereocenters. The number of unbranched alkanes of at least 4 members (excludes halogenated alkanes) is 1. The normalized spacial score (nSPS) is 9.36. The lowest BCUT2D eigenvalue weighted by Crippen LogP contribution is -1.73. The number of hydrogen-bond acceptors (Lipinski definition) is 3. The molecule has 0 aliphatic rings. The van der Waals surface area contributed by atoms with Crippen molar-refractivity contribution in [2.24, 2.45) is 0 Å². The van der Waals surface area contributed by atoms with E-state index in [1.165, 1.54) is 0 Å². The van der Waals surface area contributed by atoms with Gasteiger partial charge in [-0.3, -0.25) is 0 Å². The Kier molecular flexibility index (Phi) is 8.98. The average molecular weight is 184 g/mol. The first-order valence-electron chi connectivity index (χ1n) is 2.57. The fourth-order valence-corrected chi connectivity index (χ4v) is 0.136. The van der Waals surface area contributed by atoms with E-state index >= 15 is 0 Å². The first-order valence-corrected chi connectivity index (χ1v) is 4.14. The molecule has 7 heteroatoms. The minimum Gasteiger partial charge on any atom is -0.303 e. The lowest BCUT2D eigenvalue weighted by atomic mass is 10.4. The molecule has 0 saturated carbocycles. The minimum absolute atomic E-state index is 0.365. The van der Waals surface area contributed by atoms with Crippen LogP contribution in [0.2, 0.25) is 0 Å². The molecule has 0 saturated heterocycles. The highest BCUT2D eigenvalue weighted by atomic mass is 31.2. The van der Waals surface area contributed by atoms with Crippen LogP contribution in [0.1, 0.15) is 12.8 Å². The van der Waals surface area contributed by atoms with E-state index in [0.29, 0.717) is 12.8 Å². The Hall–Kier alpha value is -0.550. The molecule has 11 heavy (non-hydrogen) atoms. The van der Waals surface area contributed by atoms with E-state index in [2.05, 4.69) is 0 Å². The third-order valence-electron chi connectivity index (χ3n) is 0.402. The molecule has 0 radical (unpaired) electrons. The largest absolute Gasteiger partial charge is 0.466 e. The second kappa shape index (κ2) is 7.56. The second-order valence-electron chi connectivity index (χ2n) is 1.42. The van der Waals surface area contributed by atoms with Crippen LogP contribution in [0.5, 0.6) is 0 Å². The summed E-state index contributed by atoms with van der Waals surface area (Å²) in [5.41, 5.74) is 0. The van der Waals surface area contributed by atoms with Crippen molar-refractivity contribution in [1.82, 2.24) is 0 Å². The molecule has 0 aliphatic heterocycles. The van der Waals surface area contributed by atoms with Gasteiger partial charge in [0, 0.05) is 12.8 Å². The quantitative estimate of drug-likeness (QED) is 0.302. The Balaban J connectivity index is 0. The second-order valence-corrected chi connectivity index (χ2v) is 2.45. The van der Waals surface area contributed by atoms with Gasteiger partial charge in [-0.1, -0.05) is 0 Å². The predicted octanol–water partition coefficient (Wildman–Crippen LogP) is -0.764. The van der Waals surface area contributed by atoms with Crippen molar-refractivity contribution < 1.29 is 28.8 Å². The molecule has 66 valence electrons. The third kappa shape index (κ3) is 87.4. The maximum Gasteiger partial charge on any atom is 0.466 e. The Bertz CT molecular complexity index is 132. The molecule has 0 atom stereocenters. The van der Waals surface area contributed by atoms with Gasteiger partial charge in [0.2, 0.25) is 0 Å². The number of rotatable bonds is 3. The molecular formula is C4H9O6P. The summed E-state index contributed by atoms with van der Waals surface area (Å²) in [7, 11) is -4.64. The number of carbonyl (C=O) groups excluding carboxylic acids is 2. The Morgan fingerprint density at radius 3 is 1.27 bits per heavy atom. The van der Waals surface area contributed by atoms with Crippen LogP contribution in [0.4, 0.5) is 0 Å². The summed E-state index contributed by atoms with van der Waals surface area (Å²) in [4.78, 5) is 40.4. The lowest BCUT2D eigenvalue weighted by Gasteiger charge is -1.82. The number of hydrogen-bond donors (Lipinski definition) is 3. The SMILES string of the molecule is O=CCCC=O.O=P(O)(O)O. The Labute approximate surface area is 63.1 Å². The average Bonchev–Trinajstić information content (AvgIpc) is 1.79. The van der Waals surface area contributed by atoms with E-state index in [0.717, 1.165) is 12.6 Å². The van der Waals surface area contributed by atoms with E-state index in [-0.39, 0.29) is 0 Å². The van der Waals surface area contributed by atoms with E-state index in [1.807, 2.05) is 0 Å². The molecule has 0 rings (SSSR count). The summed E-state index contributed by atoms with van der Waals surface area (Å²) in [6.45, 7) is 0. The molecule has 0 spiro atoms. The van der Waals surface area contributed by atoms with Crippen LogP contribution in [-0.2, 0) is 14.2 Å². The summed E-state index contributed by atoms with van der Waals surface area (Å²) in [6.07, 6.45) is 2.19. The van der Waals surface area contributed by atoms with Crippen molar-refractivity contribution in [3.8, 4) is 0 Å². The number of aldehydes is 2. The zero-order valence-electron chi connectivity index (χ0n) is 5.58. The predicted molar refractivity (Wildman–Crippen MR) is 35.6 cm³/mol. The van der Waals surface area contributed by atoms with Gasteiger partial charge in [-0.15, -0.1) is 0 Å². The number of phosphoric acid groups is 1. The lowest BCUT2D eigenvalue weighted by molar-refractivity contribution is -0.112. The van der Waals surface area contributed by atoms with Crippen LogP contribution >= 0.6 is 7.82 Å². The van der Waals surface area contributed by atoms with Crippen LogP contribution in [0.15, 0.2) is 0 Å². The van der Waals surface area contributed by atoms with Gasteiger partial charge in [0.25, 0.3) is 0 Å². The van der Waals surface area contributed by atoms with E-state index in [4.69, 9.17) is 19.2 Å². The number of carbonyl (C=O) groups is 2. The van der Waals surface area contributed by atoms with E-state index in [9.17, 15) is 9.59 Å². The zero-order chi connectivity index (χ0) is 9.33. The molecule has 0 aliphatic carbocycles. The van der Waals surface area contributed by atoms with Gasteiger partial charge in [-0.2, -0.15) is 0 Å². The van der Waals surface area contributed by atoms with Gasteiger partial charge < -0.3 is 24.3 Å². The molecule has 3 N–H and O–H groups in total. The molecule has 0 aromatic rings. The standard InChI is InChI=1S/C4H6O2.H3O4P/c5-3-1-2-4-6;1-5(2,3)4/h3-4H,1-2H2;(H3,1,2,3,4). The van der Waals surface area contributed by atoms with Gasteiger partial charge in [-0.25, -0.2) is 4.57 Å². The summed E-state index contributed by atoms with van der Waals surface area (Å²) < 4.78 is 8.88. The molecule has 0 fully saturated rings. The van der Waals surface area contributed by atoms with Crippen molar-refractivity contribution in [1.29, 1.82) is 0 Å². The highest BCUT2D eigenvalue weighted by Crippen LogP contribution is 2.25. The summed E-state index contributed by atoms with van der Waals surface area (Å²) in [5, 5.41) is 0. The van der Waals surface area contributed by atoms with Crippen molar-refractivity contribution in [2.75, 3.05) is 0 Å². The summed E-state index contributed by atoms with van der Waals surface area (Å²) in [5.74, 6) is 0. The summed E-state index contributed by atoms with van der Waals surface area (Å²) in [6, 6.07) is 0. The monoisotopic (exact) mass is 184 g/mol. The zero-order valence-corrected chi connectivity index (χ0v) is 6.48. The maximum atomic E-state index is 9.40. The molecule has 6 nitrogen and oxygen atoms in total. The fourth-order valence-electron chi connectivity index (χ4n) is 0.136. The molecule has 0 aromatic carbocycles. The maximum absolute atomic E-state index is 9.40. The van der Waals surface area contributed by atoms with E-state index in [1.54, 1.807) is 0 Å². The fraction of sp³-hybridized carbons (Fsp3) is 0.500. The first kappa shape index (κ1) is 13.1. The van der Waals surface area contributed by atoms with Gasteiger partial charge >= 0.3 is 7.82 Å². The smallest absolute Gasteiger partial charge is 0.303 e. The van der Waals surface area contributed by atoms with Crippen molar-refractivity contribution >= 4 is 20.4 Å². The molecular weight excluding hydrogens is 175 g/mol.